The van der Waals surface area contributed by atoms with Crippen molar-refractivity contribution in [1.82, 2.24) is 4.90 Å². The average molecular weight is 331 g/mol. The minimum absolute atomic E-state index is 0.0471. The first-order chi connectivity index (χ1) is 11.6. The van der Waals surface area contributed by atoms with E-state index in [0.717, 1.165) is 44.3 Å². The number of nitrogens with zero attached hydrogens (tertiary/aromatic N) is 1. The summed E-state index contributed by atoms with van der Waals surface area (Å²) >= 11 is 0. The molecule has 4 heteroatoms. The number of amides is 1. The van der Waals surface area contributed by atoms with E-state index in [2.05, 4.69) is 24.0 Å². The van der Waals surface area contributed by atoms with Crippen LogP contribution in [-0.4, -0.2) is 41.7 Å². The number of aliphatic hydroxyl groups is 1. The molecule has 1 N–H and O–H groups in total. The fraction of sp³-hybridized carbons (Fsp3) is 0.650. The van der Waals surface area contributed by atoms with Crippen LogP contribution < -0.4 is 4.74 Å². The quantitative estimate of drug-likeness (QED) is 0.835. The van der Waals surface area contributed by atoms with Gasteiger partial charge in [-0.1, -0.05) is 19.1 Å². The molecule has 1 aromatic carbocycles. The van der Waals surface area contributed by atoms with E-state index in [1.807, 2.05) is 12.1 Å². The van der Waals surface area contributed by atoms with Crippen LogP contribution in [0.3, 0.4) is 0 Å². The van der Waals surface area contributed by atoms with Crippen molar-refractivity contribution < 1.29 is 14.6 Å². The Morgan fingerprint density at radius 2 is 2.08 bits per heavy atom. The molecular weight excluding hydrogens is 302 g/mol. The van der Waals surface area contributed by atoms with Gasteiger partial charge in [-0.25, -0.2) is 0 Å². The molecule has 132 valence electrons. The maximum atomic E-state index is 12.7. The van der Waals surface area contributed by atoms with Crippen molar-refractivity contribution in [2.75, 3.05) is 13.7 Å². The number of ether oxygens (including phenoxy) is 1. The molecule has 0 aliphatic carbocycles. The molecule has 0 unspecified atom stereocenters. The fourth-order valence-electron chi connectivity index (χ4n) is 4.69. The van der Waals surface area contributed by atoms with Gasteiger partial charge >= 0.3 is 0 Å². The third kappa shape index (κ3) is 3.04. The number of carbonyl (C=O) groups is 1. The molecule has 0 spiro atoms. The molecule has 1 amide bonds. The van der Waals surface area contributed by atoms with E-state index in [4.69, 9.17) is 4.74 Å². The number of fused-ring (bicyclic) bond motifs is 2. The lowest BCUT2D eigenvalue weighted by molar-refractivity contribution is -0.133. The highest BCUT2D eigenvalue weighted by Crippen LogP contribution is 2.51. The van der Waals surface area contributed by atoms with Gasteiger partial charge in [-0.3, -0.25) is 4.79 Å². The Hall–Kier alpha value is -1.55. The van der Waals surface area contributed by atoms with Crippen molar-refractivity contribution in [3.63, 3.8) is 0 Å². The van der Waals surface area contributed by atoms with Crippen molar-refractivity contribution in [1.29, 1.82) is 0 Å². The van der Waals surface area contributed by atoms with Crippen LogP contribution in [0.25, 0.3) is 0 Å². The summed E-state index contributed by atoms with van der Waals surface area (Å²) in [6.07, 6.45) is 6.50. The van der Waals surface area contributed by atoms with Crippen molar-refractivity contribution in [2.24, 2.45) is 5.41 Å². The van der Waals surface area contributed by atoms with Gasteiger partial charge in [0.15, 0.2) is 0 Å². The maximum Gasteiger partial charge on any atom is 0.223 e. The molecule has 0 radical (unpaired) electrons. The molecule has 24 heavy (non-hydrogen) atoms. The van der Waals surface area contributed by atoms with Crippen molar-refractivity contribution >= 4 is 5.91 Å². The van der Waals surface area contributed by atoms with E-state index in [0.29, 0.717) is 12.5 Å². The maximum absolute atomic E-state index is 12.7. The van der Waals surface area contributed by atoms with Gasteiger partial charge in [-0.15, -0.1) is 0 Å². The number of hydrogen-bond donors (Lipinski definition) is 1. The van der Waals surface area contributed by atoms with E-state index >= 15 is 0 Å². The second-order valence-electron chi connectivity index (χ2n) is 7.33. The smallest absolute Gasteiger partial charge is 0.223 e. The van der Waals surface area contributed by atoms with Crippen molar-refractivity contribution in [3.8, 4) is 5.75 Å². The van der Waals surface area contributed by atoms with E-state index in [9.17, 15) is 9.90 Å². The number of aliphatic hydroxyl groups excluding tert-OH is 1. The molecule has 1 aromatic rings. The Morgan fingerprint density at radius 3 is 2.67 bits per heavy atom. The normalized spacial score (nSPS) is 28.4. The van der Waals surface area contributed by atoms with Crippen LogP contribution in [0.5, 0.6) is 5.75 Å². The van der Waals surface area contributed by atoms with Gasteiger partial charge in [0.05, 0.1) is 13.7 Å². The summed E-state index contributed by atoms with van der Waals surface area (Å²) in [5.41, 5.74) is 1.19. The minimum atomic E-state index is -0.0471. The fourth-order valence-corrected chi connectivity index (χ4v) is 4.69. The van der Waals surface area contributed by atoms with Crippen LogP contribution in [0.2, 0.25) is 0 Å². The molecule has 2 heterocycles. The Bertz CT molecular complexity index is 565. The lowest BCUT2D eigenvalue weighted by atomic mass is 9.72. The molecule has 2 bridgehead atoms. The lowest BCUT2D eigenvalue weighted by Crippen LogP contribution is -2.42. The predicted molar refractivity (Wildman–Crippen MR) is 94.0 cm³/mol. The molecule has 2 fully saturated rings. The molecule has 2 aliphatic rings. The third-order valence-electron chi connectivity index (χ3n) is 6.17. The number of rotatable bonds is 7. The summed E-state index contributed by atoms with van der Waals surface area (Å²) in [6, 6.07) is 8.68. The second kappa shape index (κ2) is 7.14. The summed E-state index contributed by atoms with van der Waals surface area (Å²) in [5.74, 6) is 1.14. The van der Waals surface area contributed by atoms with E-state index in [-0.39, 0.29) is 24.0 Å². The number of aryl methyl sites for hydroxylation is 1. The highest BCUT2D eigenvalue weighted by atomic mass is 16.5. The lowest BCUT2D eigenvalue weighted by Gasteiger charge is -2.34. The monoisotopic (exact) mass is 331 g/mol. The van der Waals surface area contributed by atoms with Gasteiger partial charge in [0, 0.05) is 23.9 Å². The second-order valence-corrected chi connectivity index (χ2v) is 7.33. The van der Waals surface area contributed by atoms with Crippen LogP contribution >= 0.6 is 0 Å². The van der Waals surface area contributed by atoms with Crippen molar-refractivity contribution in [2.45, 2.75) is 64.0 Å². The highest BCUT2D eigenvalue weighted by Gasteiger charge is 2.55. The molecule has 3 atom stereocenters. The standard InChI is InChI=1S/C20H29NO3/c1-3-20(14-22)13-16-9-12-18(20)21(16)19(23)6-4-5-15-7-10-17(24-2)11-8-15/h7-8,10-11,16,18,22H,3-6,9,12-14H2,1-2H3/t16-,18+,20-/m0/s1. The Morgan fingerprint density at radius 1 is 1.33 bits per heavy atom. The van der Waals surface area contributed by atoms with Crippen LogP contribution in [0.15, 0.2) is 24.3 Å². The summed E-state index contributed by atoms with van der Waals surface area (Å²) in [6.45, 7) is 2.35. The molecule has 4 nitrogen and oxygen atoms in total. The molecule has 3 rings (SSSR count). The van der Waals surface area contributed by atoms with E-state index in [1.165, 1.54) is 5.56 Å². The Kier molecular flexibility index (Phi) is 5.14. The van der Waals surface area contributed by atoms with E-state index in [1.54, 1.807) is 7.11 Å². The topological polar surface area (TPSA) is 49.8 Å². The zero-order valence-corrected chi connectivity index (χ0v) is 14.8. The van der Waals surface area contributed by atoms with Gasteiger partial charge in [0.25, 0.3) is 0 Å². The molecule has 0 aromatic heterocycles. The highest BCUT2D eigenvalue weighted by molar-refractivity contribution is 5.78. The Balaban J connectivity index is 1.54. The van der Waals surface area contributed by atoms with Crippen LogP contribution in [-0.2, 0) is 11.2 Å². The van der Waals surface area contributed by atoms with Crippen molar-refractivity contribution in [3.05, 3.63) is 29.8 Å². The third-order valence-corrected chi connectivity index (χ3v) is 6.17. The number of hydrogen-bond acceptors (Lipinski definition) is 3. The number of methoxy groups -OCH3 is 1. The summed E-state index contributed by atoms with van der Waals surface area (Å²) in [4.78, 5) is 14.9. The zero-order chi connectivity index (χ0) is 17.2. The largest absolute Gasteiger partial charge is 0.497 e. The van der Waals surface area contributed by atoms with Gasteiger partial charge < -0.3 is 14.7 Å². The molecule has 2 saturated heterocycles. The number of carbonyl (C=O) groups excluding carboxylic acids is 1. The average Bonchev–Trinajstić information content (AvgIpc) is 3.18. The van der Waals surface area contributed by atoms with Gasteiger partial charge in [0.1, 0.15) is 5.75 Å². The van der Waals surface area contributed by atoms with Gasteiger partial charge in [0.2, 0.25) is 5.91 Å². The molecular formula is C20H29NO3. The zero-order valence-electron chi connectivity index (χ0n) is 14.8. The van der Waals surface area contributed by atoms with Gasteiger partial charge in [-0.05, 0) is 56.2 Å². The first kappa shape index (κ1) is 17.3. The van der Waals surface area contributed by atoms with Crippen LogP contribution in [0, 0.1) is 5.41 Å². The van der Waals surface area contributed by atoms with Gasteiger partial charge in [-0.2, -0.15) is 0 Å². The first-order valence-electron chi connectivity index (χ1n) is 9.18. The Labute approximate surface area is 144 Å². The summed E-state index contributed by atoms with van der Waals surface area (Å²) < 4.78 is 5.17. The van der Waals surface area contributed by atoms with Crippen LogP contribution in [0.4, 0.5) is 0 Å². The minimum Gasteiger partial charge on any atom is -0.497 e. The van der Waals surface area contributed by atoms with E-state index < -0.39 is 0 Å². The van der Waals surface area contributed by atoms with Crippen LogP contribution in [0.1, 0.15) is 51.0 Å². The number of benzene rings is 1. The SMILES string of the molecule is CC[C@@]1(CO)C[C@@H]2CC[C@H]1N2C(=O)CCCc1ccc(OC)cc1. The summed E-state index contributed by atoms with van der Waals surface area (Å²) in [7, 11) is 1.67. The molecule has 0 saturated carbocycles. The summed E-state index contributed by atoms with van der Waals surface area (Å²) in [5, 5.41) is 9.86. The molecule has 2 aliphatic heterocycles. The predicted octanol–water partition coefficient (Wildman–Crippen LogP) is 3.17. The first-order valence-corrected chi connectivity index (χ1v) is 9.18.